The van der Waals surface area contributed by atoms with E-state index in [0.717, 1.165) is 0 Å². The summed E-state index contributed by atoms with van der Waals surface area (Å²) >= 11 is 0. The third kappa shape index (κ3) is 4.17. The van der Waals surface area contributed by atoms with Gasteiger partial charge in [-0.15, -0.1) is 9.24 Å². The lowest BCUT2D eigenvalue weighted by Gasteiger charge is -1.87. The van der Waals surface area contributed by atoms with Crippen LogP contribution in [0, 0.1) is 0 Å². The molecule has 0 saturated carbocycles. The van der Waals surface area contributed by atoms with Crippen molar-refractivity contribution in [2.24, 2.45) is 0 Å². The number of allylic oxidation sites excluding steroid dienone is 2. The van der Waals surface area contributed by atoms with E-state index in [0.29, 0.717) is 5.66 Å². The molecule has 0 aliphatic carbocycles. The van der Waals surface area contributed by atoms with Gasteiger partial charge in [0, 0.05) is 0 Å². The fourth-order valence-electron chi connectivity index (χ4n) is 0.304. The highest BCUT2D eigenvalue weighted by Crippen LogP contribution is 1.96. The van der Waals surface area contributed by atoms with E-state index in [4.69, 9.17) is 0 Å². The summed E-state index contributed by atoms with van der Waals surface area (Å²) in [6, 6.07) is 0. The van der Waals surface area contributed by atoms with Crippen LogP contribution in [-0.4, -0.2) is 5.66 Å². The van der Waals surface area contributed by atoms with Crippen LogP contribution in [0.15, 0.2) is 12.2 Å². The van der Waals surface area contributed by atoms with Crippen LogP contribution in [0.3, 0.4) is 0 Å². The predicted octanol–water partition coefficient (Wildman–Crippen LogP) is 1.83. The van der Waals surface area contributed by atoms with Crippen LogP contribution in [0.1, 0.15) is 13.8 Å². The molecule has 2 atom stereocenters. The fraction of sp³-hybridized carbons (Fsp3) is 0.600. The summed E-state index contributed by atoms with van der Waals surface area (Å²) in [4.78, 5) is 0. The zero-order chi connectivity index (χ0) is 4.99. The second-order valence-electron chi connectivity index (χ2n) is 1.38. The molecule has 0 aliphatic heterocycles. The van der Waals surface area contributed by atoms with E-state index in [1.807, 2.05) is 6.92 Å². The molecule has 0 aromatic heterocycles. The molecular formula is C5H11P. The first-order chi connectivity index (χ1) is 2.77. The van der Waals surface area contributed by atoms with Gasteiger partial charge in [0.05, 0.1) is 0 Å². The molecular weight excluding hydrogens is 91.0 g/mol. The molecule has 0 bridgehead atoms. The maximum atomic E-state index is 2.69. The van der Waals surface area contributed by atoms with Crippen LogP contribution in [0.5, 0.6) is 0 Å². The normalized spacial score (nSPS) is 15.8. The highest BCUT2D eigenvalue weighted by molar-refractivity contribution is 7.17. The summed E-state index contributed by atoms with van der Waals surface area (Å²) in [5, 5.41) is 0. The van der Waals surface area contributed by atoms with Gasteiger partial charge in [0.25, 0.3) is 0 Å². The zero-order valence-electron chi connectivity index (χ0n) is 4.31. The van der Waals surface area contributed by atoms with Crippen LogP contribution in [0.4, 0.5) is 0 Å². The van der Waals surface area contributed by atoms with Crippen molar-refractivity contribution in [2.45, 2.75) is 19.5 Å². The molecule has 0 amide bonds. The largest absolute Gasteiger partial charge is 0.131 e. The molecule has 0 N–H and O–H groups in total. The number of hydrogen-bond acceptors (Lipinski definition) is 0. The van der Waals surface area contributed by atoms with Crippen LogP contribution >= 0.6 is 9.24 Å². The minimum atomic E-state index is 0.634. The molecule has 36 valence electrons. The summed E-state index contributed by atoms with van der Waals surface area (Å²) in [6.45, 7) is 4.16. The number of rotatable bonds is 1. The lowest BCUT2D eigenvalue weighted by atomic mass is 10.4. The van der Waals surface area contributed by atoms with E-state index < -0.39 is 0 Å². The molecule has 0 spiro atoms. The van der Waals surface area contributed by atoms with E-state index in [-0.39, 0.29) is 0 Å². The average Bonchev–Trinajstić information content (AvgIpc) is 1.35. The Morgan fingerprint density at radius 3 is 2.17 bits per heavy atom. The molecule has 6 heavy (non-hydrogen) atoms. The van der Waals surface area contributed by atoms with Gasteiger partial charge in [-0.2, -0.15) is 0 Å². The topological polar surface area (TPSA) is 0 Å². The van der Waals surface area contributed by atoms with Crippen LogP contribution in [0.2, 0.25) is 0 Å². The SMILES string of the molecule is C/C=C/C(C)P. The summed E-state index contributed by atoms with van der Waals surface area (Å²) in [5.74, 6) is 0. The highest BCUT2D eigenvalue weighted by Gasteiger charge is 1.76. The Bertz CT molecular complexity index is 45.9. The van der Waals surface area contributed by atoms with Gasteiger partial charge >= 0.3 is 0 Å². The number of hydrogen-bond donors (Lipinski definition) is 0. The highest BCUT2D eigenvalue weighted by atomic mass is 31.0. The molecule has 0 nitrogen and oxygen atoms in total. The van der Waals surface area contributed by atoms with Crippen molar-refractivity contribution in [3.63, 3.8) is 0 Å². The van der Waals surface area contributed by atoms with Gasteiger partial charge in [-0.1, -0.05) is 19.1 Å². The minimum absolute atomic E-state index is 0.634. The van der Waals surface area contributed by atoms with E-state index in [1.54, 1.807) is 0 Å². The molecule has 0 aromatic rings. The second-order valence-corrected chi connectivity index (χ2v) is 2.44. The molecule has 0 fully saturated rings. The van der Waals surface area contributed by atoms with Crippen molar-refractivity contribution < 1.29 is 0 Å². The lowest BCUT2D eigenvalue weighted by molar-refractivity contribution is 1.24. The predicted molar refractivity (Wildman–Crippen MR) is 34.0 cm³/mol. The van der Waals surface area contributed by atoms with Crippen molar-refractivity contribution >= 4 is 9.24 Å². The maximum absolute atomic E-state index is 2.69. The van der Waals surface area contributed by atoms with Crippen LogP contribution in [-0.2, 0) is 0 Å². The monoisotopic (exact) mass is 102 g/mol. The van der Waals surface area contributed by atoms with Crippen molar-refractivity contribution in [1.82, 2.24) is 0 Å². The zero-order valence-corrected chi connectivity index (χ0v) is 5.46. The molecule has 1 heteroatoms. The van der Waals surface area contributed by atoms with Gasteiger partial charge in [-0.25, -0.2) is 0 Å². The third-order valence-corrected chi connectivity index (χ3v) is 0.718. The molecule has 0 rings (SSSR count). The Morgan fingerprint density at radius 1 is 1.67 bits per heavy atom. The quantitative estimate of drug-likeness (QED) is 0.350. The van der Waals surface area contributed by atoms with Crippen molar-refractivity contribution in [2.75, 3.05) is 0 Å². The van der Waals surface area contributed by atoms with E-state index in [1.165, 1.54) is 0 Å². The summed E-state index contributed by atoms with van der Waals surface area (Å²) < 4.78 is 0. The Balaban J connectivity index is 3.03. The van der Waals surface area contributed by atoms with Gasteiger partial charge < -0.3 is 0 Å². The first-order valence-electron chi connectivity index (χ1n) is 2.15. The average molecular weight is 102 g/mol. The molecule has 0 heterocycles. The summed E-state index contributed by atoms with van der Waals surface area (Å²) in [7, 11) is 2.69. The summed E-state index contributed by atoms with van der Waals surface area (Å²) in [5.41, 5.74) is 0.634. The van der Waals surface area contributed by atoms with Crippen LogP contribution < -0.4 is 0 Å². The first-order valence-corrected chi connectivity index (χ1v) is 2.82. The van der Waals surface area contributed by atoms with Gasteiger partial charge in [0.2, 0.25) is 0 Å². The Morgan fingerprint density at radius 2 is 2.17 bits per heavy atom. The van der Waals surface area contributed by atoms with E-state index >= 15 is 0 Å². The lowest BCUT2D eigenvalue weighted by Crippen LogP contribution is -1.76. The second kappa shape index (κ2) is 3.36. The minimum Gasteiger partial charge on any atom is -0.131 e. The fourth-order valence-corrected chi connectivity index (χ4v) is 0.526. The van der Waals surface area contributed by atoms with Gasteiger partial charge in [-0.3, -0.25) is 0 Å². The van der Waals surface area contributed by atoms with Gasteiger partial charge in [-0.05, 0) is 12.6 Å². The van der Waals surface area contributed by atoms with Crippen molar-refractivity contribution in [1.29, 1.82) is 0 Å². The molecule has 0 aliphatic rings. The van der Waals surface area contributed by atoms with E-state index in [2.05, 4.69) is 28.3 Å². The standard InChI is InChI=1S/C5H11P/c1-3-4-5(2)6/h3-5H,6H2,1-2H3/b4-3+. The Labute approximate surface area is 41.8 Å². The van der Waals surface area contributed by atoms with Gasteiger partial charge in [0.15, 0.2) is 0 Å². The van der Waals surface area contributed by atoms with Crippen molar-refractivity contribution in [3.8, 4) is 0 Å². The van der Waals surface area contributed by atoms with Crippen molar-refractivity contribution in [3.05, 3.63) is 12.2 Å². The smallest absolute Gasteiger partial charge is 0.0114 e. The van der Waals surface area contributed by atoms with Gasteiger partial charge in [0.1, 0.15) is 0 Å². The Hall–Kier alpha value is 0.170. The Kier molecular flexibility index (Phi) is 3.46. The van der Waals surface area contributed by atoms with Crippen LogP contribution in [0.25, 0.3) is 0 Å². The molecule has 0 saturated heterocycles. The first kappa shape index (κ1) is 6.17. The third-order valence-electron chi connectivity index (χ3n) is 0.496. The molecule has 2 unspecified atom stereocenters. The molecule has 0 aromatic carbocycles. The maximum Gasteiger partial charge on any atom is -0.0114 e. The molecule has 0 radical (unpaired) electrons. The summed E-state index contributed by atoms with van der Waals surface area (Å²) in [6.07, 6.45) is 4.18. The van der Waals surface area contributed by atoms with E-state index in [9.17, 15) is 0 Å².